The third kappa shape index (κ3) is 5.92. The zero-order valence-corrected chi connectivity index (χ0v) is 30.9. The highest BCUT2D eigenvalue weighted by atomic mass is 15.0. The fourth-order valence-corrected chi connectivity index (χ4v) is 8.14. The number of benzene rings is 9. The van der Waals surface area contributed by atoms with Crippen LogP contribution in [0.3, 0.4) is 0 Å². The van der Waals surface area contributed by atoms with Crippen LogP contribution in [-0.2, 0) is 0 Å². The summed E-state index contributed by atoms with van der Waals surface area (Å²) in [5.41, 5.74) is 10.9. The van der Waals surface area contributed by atoms with Crippen LogP contribution in [0.25, 0.3) is 105 Å². The molecule has 0 aliphatic heterocycles. The van der Waals surface area contributed by atoms with Gasteiger partial charge in [-0.25, -0.2) is 15.0 Å². The summed E-state index contributed by atoms with van der Waals surface area (Å²) in [6, 6.07) is 72.9. The van der Waals surface area contributed by atoms with Crippen molar-refractivity contribution in [2.45, 2.75) is 0 Å². The lowest BCUT2D eigenvalue weighted by molar-refractivity contribution is 1.08. The number of para-hydroxylation sites is 2. The van der Waals surface area contributed by atoms with Crippen LogP contribution in [0.4, 0.5) is 0 Å². The van der Waals surface area contributed by atoms with E-state index in [9.17, 15) is 0 Å². The van der Waals surface area contributed by atoms with Crippen LogP contribution in [0.1, 0.15) is 0 Å². The van der Waals surface area contributed by atoms with E-state index in [0.717, 1.165) is 49.7 Å². The van der Waals surface area contributed by atoms with Crippen LogP contribution in [-0.4, -0.2) is 19.5 Å². The second-order valence-electron chi connectivity index (χ2n) is 14.5. The highest BCUT2D eigenvalue weighted by Crippen LogP contribution is 2.35. The molecule has 0 aliphatic rings. The first-order chi connectivity index (χ1) is 28.2. The smallest absolute Gasteiger partial charge is 0.164 e. The molecule has 0 saturated carbocycles. The summed E-state index contributed by atoms with van der Waals surface area (Å²) in [5, 5.41) is 7.05. The Hall–Kier alpha value is -7.69. The summed E-state index contributed by atoms with van der Waals surface area (Å²) in [6.45, 7) is 0. The number of nitrogens with zero attached hydrogens (tertiary/aromatic N) is 4. The van der Waals surface area contributed by atoms with Gasteiger partial charge in [-0.1, -0.05) is 158 Å². The van der Waals surface area contributed by atoms with Crippen LogP contribution in [0.2, 0.25) is 0 Å². The molecule has 0 N–H and O–H groups in total. The minimum Gasteiger partial charge on any atom is -0.309 e. The van der Waals surface area contributed by atoms with Crippen molar-refractivity contribution in [3.8, 4) is 62.1 Å². The molecule has 9 aromatic carbocycles. The third-order valence-corrected chi connectivity index (χ3v) is 11.0. The van der Waals surface area contributed by atoms with Crippen molar-refractivity contribution < 1.29 is 0 Å². The predicted molar refractivity (Wildman–Crippen MR) is 236 cm³/mol. The molecular weight excluding hydrogens is 693 g/mol. The van der Waals surface area contributed by atoms with Gasteiger partial charge in [0, 0.05) is 33.2 Å². The molecule has 2 aromatic heterocycles. The standard InChI is InChI=1S/C53H34N4/c1-3-12-35(13-4-1)38-16-11-17-42(31-38)51-54-52(43-27-25-40-30-39(23-24-41(40)32-43)36-14-5-2-6-15-36)56-53(55-51)44-26-22-37-28-29-46(34-45(37)33-44)57-49-20-9-7-18-47(49)48-19-8-10-21-50(48)57/h1-34H. The van der Waals surface area contributed by atoms with Crippen LogP contribution in [0.5, 0.6) is 0 Å². The van der Waals surface area contributed by atoms with Gasteiger partial charge in [0.15, 0.2) is 17.5 Å². The largest absolute Gasteiger partial charge is 0.309 e. The SMILES string of the molecule is c1ccc(-c2cccc(-c3nc(-c4ccc5cc(-c6ccccc6)ccc5c4)nc(-c4ccc5ccc(-n6c7ccccc7c7ccccc76)cc5c4)n3)c2)cc1. The summed E-state index contributed by atoms with van der Waals surface area (Å²) in [6.07, 6.45) is 0. The topological polar surface area (TPSA) is 43.6 Å². The van der Waals surface area contributed by atoms with E-state index in [4.69, 9.17) is 15.0 Å². The van der Waals surface area contributed by atoms with Gasteiger partial charge in [0.2, 0.25) is 0 Å². The monoisotopic (exact) mass is 726 g/mol. The molecule has 0 bridgehead atoms. The molecule has 0 saturated heterocycles. The molecule has 11 rings (SSSR count). The second-order valence-corrected chi connectivity index (χ2v) is 14.5. The Balaban J connectivity index is 1.06. The predicted octanol–water partition coefficient (Wildman–Crippen LogP) is 13.6. The molecule has 0 unspecified atom stereocenters. The van der Waals surface area contributed by atoms with E-state index in [-0.39, 0.29) is 0 Å². The van der Waals surface area contributed by atoms with E-state index in [1.807, 2.05) is 12.1 Å². The van der Waals surface area contributed by atoms with Crippen molar-refractivity contribution in [1.82, 2.24) is 19.5 Å². The molecule has 0 fully saturated rings. The maximum atomic E-state index is 5.19. The number of rotatable bonds is 6. The second kappa shape index (κ2) is 13.6. The van der Waals surface area contributed by atoms with E-state index in [0.29, 0.717) is 17.5 Å². The van der Waals surface area contributed by atoms with E-state index in [1.54, 1.807) is 0 Å². The Morgan fingerprint density at radius 3 is 1.30 bits per heavy atom. The summed E-state index contributed by atoms with van der Waals surface area (Å²) in [4.78, 5) is 15.5. The molecule has 266 valence electrons. The molecule has 0 radical (unpaired) electrons. The first-order valence-electron chi connectivity index (χ1n) is 19.3. The molecule has 57 heavy (non-hydrogen) atoms. The van der Waals surface area contributed by atoms with Crippen molar-refractivity contribution in [1.29, 1.82) is 0 Å². The first-order valence-corrected chi connectivity index (χ1v) is 19.3. The molecule has 0 spiro atoms. The van der Waals surface area contributed by atoms with Crippen molar-refractivity contribution in [2.24, 2.45) is 0 Å². The van der Waals surface area contributed by atoms with Gasteiger partial charge in [0.05, 0.1) is 11.0 Å². The molecule has 0 atom stereocenters. The molecule has 11 aromatic rings. The summed E-state index contributed by atoms with van der Waals surface area (Å²) in [7, 11) is 0. The number of aromatic nitrogens is 4. The third-order valence-electron chi connectivity index (χ3n) is 11.0. The number of hydrogen-bond acceptors (Lipinski definition) is 3. The van der Waals surface area contributed by atoms with Gasteiger partial charge in [0.25, 0.3) is 0 Å². The van der Waals surface area contributed by atoms with Crippen molar-refractivity contribution in [2.75, 3.05) is 0 Å². The van der Waals surface area contributed by atoms with Crippen molar-refractivity contribution in [3.63, 3.8) is 0 Å². The normalized spacial score (nSPS) is 11.5. The van der Waals surface area contributed by atoms with Gasteiger partial charge in [-0.05, 0) is 92.3 Å². The van der Waals surface area contributed by atoms with Crippen molar-refractivity contribution in [3.05, 3.63) is 206 Å². The van der Waals surface area contributed by atoms with Gasteiger partial charge < -0.3 is 4.57 Å². The lowest BCUT2D eigenvalue weighted by Crippen LogP contribution is -2.00. The van der Waals surface area contributed by atoms with E-state index in [2.05, 4.69) is 199 Å². The molecule has 4 heteroatoms. The number of fused-ring (bicyclic) bond motifs is 5. The fraction of sp³-hybridized carbons (Fsp3) is 0. The Morgan fingerprint density at radius 1 is 0.263 bits per heavy atom. The van der Waals surface area contributed by atoms with E-state index < -0.39 is 0 Å². The summed E-state index contributed by atoms with van der Waals surface area (Å²) >= 11 is 0. The van der Waals surface area contributed by atoms with Gasteiger partial charge >= 0.3 is 0 Å². The Morgan fingerprint density at radius 2 is 0.684 bits per heavy atom. The van der Waals surface area contributed by atoms with Gasteiger partial charge in [-0.3, -0.25) is 0 Å². The highest BCUT2D eigenvalue weighted by Gasteiger charge is 2.16. The summed E-state index contributed by atoms with van der Waals surface area (Å²) in [5.74, 6) is 1.89. The lowest BCUT2D eigenvalue weighted by Gasteiger charge is -2.12. The van der Waals surface area contributed by atoms with E-state index >= 15 is 0 Å². The van der Waals surface area contributed by atoms with Crippen molar-refractivity contribution >= 4 is 43.4 Å². The van der Waals surface area contributed by atoms with Crippen LogP contribution >= 0.6 is 0 Å². The van der Waals surface area contributed by atoms with Gasteiger partial charge in [-0.2, -0.15) is 0 Å². The minimum atomic E-state index is 0.629. The highest BCUT2D eigenvalue weighted by molar-refractivity contribution is 6.09. The van der Waals surface area contributed by atoms with Crippen LogP contribution < -0.4 is 0 Å². The van der Waals surface area contributed by atoms with E-state index in [1.165, 1.54) is 38.3 Å². The maximum Gasteiger partial charge on any atom is 0.164 e. The molecular formula is C53H34N4. The summed E-state index contributed by atoms with van der Waals surface area (Å²) < 4.78 is 2.36. The molecule has 4 nitrogen and oxygen atoms in total. The first kappa shape index (κ1) is 32.7. The molecule has 2 heterocycles. The van der Waals surface area contributed by atoms with Gasteiger partial charge in [0.1, 0.15) is 0 Å². The number of hydrogen-bond donors (Lipinski definition) is 0. The Kier molecular flexibility index (Phi) is 7.78. The van der Waals surface area contributed by atoms with Crippen LogP contribution in [0.15, 0.2) is 206 Å². The van der Waals surface area contributed by atoms with Crippen LogP contribution in [0, 0.1) is 0 Å². The zero-order valence-electron chi connectivity index (χ0n) is 30.9. The molecule has 0 aliphatic carbocycles. The average molecular weight is 727 g/mol. The zero-order chi connectivity index (χ0) is 37.7. The van der Waals surface area contributed by atoms with Gasteiger partial charge in [-0.15, -0.1) is 0 Å². The molecule has 0 amide bonds. The lowest BCUT2D eigenvalue weighted by atomic mass is 10.00. The average Bonchev–Trinajstić information content (AvgIpc) is 3.63. The maximum absolute atomic E-state index is 5.19. The Labute approximate surface area is 330 Å². The quantitative estimate of drug-likeness (QED) is 0.171. The fourth-order valence-electron chi connectivity index (χ4n) is 8.14. The Bertz CT molecular complexity index is 3240. The minimum absolute atomic E-state index is 0.629.